The zero-order valence-corrected chi connectivity index (χ0v) is 25.1. The van der Waals surface area contributed by atoms with Gasteiger partial charge in [-0.15, -0.1) is 0 Å². The molecule has 2 aromatic rings. The van der Waals surface area contributed by atoms with Crippen LogP contribution >= 0.6 is 0 Å². The first-order valence-electron chi connectivity index (χ1n) is 13.4. The molecule has 1 saturated carbocycles. The van der Waals surface area contributed by atoms with Gasteiger partial charge in [-0.3, -0.25) is 0 Å². The van der Waals surface area contributed by atoms with Crippen LogP contribution in [0.5, 0.6) is 0 Å². The predicted octanol–water partition coefficient (Wildman–Crippen LogP) is 3.90. The van der Waals surface area contributed by atoms with E-state index in [0.29, 0.717) is 11.3 Å². The third kappa shape index (κ3) is 6.85. The van der Waals surface area contributed by atoms with Crippen LogP contribution < -0.4 is 9.25 Å². The molecule has 0 radical (unpaired) electrons. The van der Waals surface area contributed by atoms with Crippen LogP contribution in [0.4, 0.5) is 10.5 Å². The molecule has 4 rings (SSSR count). The van der Waals surface area contributed by atoms with Crippen molar-refractivity contribution < 1.29 is 23.9 Å². The quantitative estimate of drug-likeness (QED) is 0.342. The number of Topliss-reactive ketones (excluding diaryl/α,β-unsaturated/α-hetero) is 1. The second kappa shape index (κ2) is 12.3. The van der Waals surface area contributed by atoms with Gasteiger partial charge in [-0.1, -0.05) is 0 Å². The summed E-state index contributed by atoms with van der Waals surface area (Å²) >= 11 is -1.34. The number of para-hydroxylation sites is 1. The summed E-state index contributed by atoms with van der Waals surface area (Å²) in [7, 11) is 1.32. The van der Waals surface area contributed by atoms with Gasteiger partial charge in [0.2, 0.25) is 0 Å². The van der Waals surface area contributed by atoms with Crippen molar-refractivity contribution in [2.24, 2.45) is 16.4 Å². The average molecular weight is 594 g/mol. The standard InChI is InChI=1S/C30H36AsN3O5/c1-30(2,3)25(35)18-33-24-16-9-8-15-23(24)27(20-11-6-5-7-12-20)32-34(29(33)38)19-26(36)31-22-14-10-13-21(17-22)28(37)39-4/h8-10,13-17,20,31H,5-7,11-12,18-19H2,1-4H3. The number of anilines is 1. The van der Waals surface area contributed by atoms with E-state index in [0.717, 1.165) is 41.3 Å². The molecule has 1 aliphatic carbocycles. The molecule has 0 saturated heterocycles. The summed E-state index contributed by atoms with van der Waals surface area (Å²) in [6, 6.07) is 14.0. The van der Waals surface area contributed by atoms with E-state index in [-0.39, 0.29) is 29.4 Å². The molecule has 9 heteroatoms. The predicted molar refractivity (Wildman–Crippen MR) is 153 cm³/mol. The van der Waals surface area contributed by atoms with Gasteiger partial charge in [0.1, 0.15) is 0 Å². The summed E-state index contributed by atoms with van der Waals surface area (Å²) in [4.78, 5) is 53.8. The van der Waals surface area contributed by atoms with Gasteiger partial charge in [-0.2, -0.15) is 0 Å². The molecule has 206 valence electrons. The number of carbonyl (C=O) groups is 4. The Morgan fingerprint density at radius 3 is 2.41 bits per heavy atom. The summed E-state index contributed by atoms with van der Waals surface area (Å²) in [6.07, 6.45) is 5.30. The van der Waals surface area contributed by atoms with E-state index in [9.17, 15) is 19.2 Å². The number of hydrogen-bond donors (Lipinski definition) is 0. The van der Waals surface area contributed by atoms with Crippen LogP contribution in [0.3, 0.4) is 0 Å². The van der Waals surface area contributed by atoms with Crippen molar-refractivity contribution >= 4 is 53.9 Å². The van der Waals surface area contributed by atoms with Crippen LogP contribution in [-0.4, -0.2) is 69.0 Å². The molecule has 1 aliphatic heterocycles. The second-order valence-electron chi connectivity index (χ2n) is 11.1. The van der Waals surface area contributed by atoms with Gasteiger partial charge in [0.05, 0.1) is 0 Å². The first-order valence-corrected chi connectivity index (χ1v) is 15.5. The minimum absolute atomic E-state index is 0.0777. The van der Waals surface area contributed by atoms with E-state index < -0.39 is 33.2 Å². The topological polar surface area (TPSA) is 96.3 Å². The Morgan fingerprint density at radius 2 is 1.72 bits per heavy atom. The molecule has 0 aromatic heterocycles. The van der Waals surface area contributed by atoms with E-state index in [1.54, 1.807) is 18.2 Å². The first kappa shape index (κ1) is 28.7. The van der Waals surface area contributed by atoms with Gasteiger partial charge in [0.15, 0.2) is 0 Å². The Kier molecular flexibility index (Phi) is 9.06. The Morgan fingerprint density at radius 1 is 1.00 bits per heavy atom. The molecule has 2 aromatic carbocycles. The Balaban J connectivity index is 1.68. The minimum atomic E-state index is -1.34. The van der Waals surface area contributed by atoms with Crippen LogP contribution in [-0.2, 0) is 14.3 Å². The van der Waals surface area contributed by atoms with E-state index >= 15 is 0 Å². The zero-order chi connectivity index (χ0) is 28.2. The number of nitrogens with zero attached hydrogens (tertiary/aromatic N) is 3. The number of ketones is 1. The van der Waals surface area contributed by atoms with Crippen molar-refractivity contribution in [3.63, 3.8) is 0 Å². The molecule has 39 heavy (non-hydrogen) atoms. The maximum atomic E-state index is 14.0. The summed E-state index contributed by atoms with van der Waals surface area (Å²) in [6.45, 7) is 5.22. The number of methoxy groups -OCH3 is 1. The van der Waals surface area contributed by atoms with Crippen LogP contribution in [0.25, 0.3) is 0 Å². The molecule has 0 bridgehead atoms. The molecular formula is C30H36AsN3O5. The van der Waals surface area contributed by atoms with E-state index in [1.807, 2.05) is 51.1 Å². The maximum absolute atomic E-state index is 14.0. The number of fused-ring (bicyclic) bond motifs is 1. The van der Waals surface area contributed by atoms with Gasteiger partial charge in [-0.05, 0) is 0 Å². The molecule has 0 spiro atoms. The first-order chi connectivity index (χ1) is 18.6. The molecule has 1 atom stereocenters. The second-order valence-corrected chi connectivity index (χ2v) is 14.0. The molecule has 0 N–H and O–H groups in total. The summed E-state index contributed by atoms with van der Waals surface area (Å²) in [5, 5.41) is 6.11. The fourth-order valence-corrected chi connectivity index (χ4v) is 6.90. The SMILES string of the molecule is COC(=O)c1cccc([AsH]C(=O)CN2N=C(C3CCCCC3)c3ccccc3N(CC(=O)C(C)(C)C)C2=O)c1. The fourth-order valence-electron chi connectivity index (χ4n) is 4.89. The number of urea groups is 1. The van der Waals surface area contributed by atoms with Crippen molar-refractivity contribution in [2.75, 3.05) is 25.1 Å². The molecule has 2 amide bonds. The molecular weight excluding hydrogens is 557 g/mol. The normalized spacial score (nSPS) is 16.6. The van der Waals surface area contributed by atoms with E-state index in [4.69, 9.17) is 9.84 Å². The van der Waals surface area contributed by atoms with Crippen LogP contribution in [0.15, 0.2) is 53.6 Å². The van der Waals surface area contributed by atoms with Gasteiger partial charge in [0, 0.05) is 0 Å². The number of hydrogen-bond acceptors (Lipinski definition) is 6. The molecule has 1 unspecified atom stereocenters. The van der Waals surface area contributed by atoms with Crippen molar-refractivity contribution in [1.29, 1.82) is 0 Å². The Hall–Kier alpha value is -3.25. The van der Waals surface area contributed by atoms with E-state index in [1.165, 1.54) is 23.4 Å². The number of esters is 1. The average Bonchev–Trinajstić information content (AvgIpc) is 3.03. The summed E-state index contributed by atoms with van der Waals surface area (Å²) in [5.74, 6) is -0.361. The molecule has 2 aliphatic rings. The number of carbonyl (C=O) groups excluding carboxylic acids is 4. The number of hydrazone groups is 1. The van der Waals surface area contributed by atoms with Crippen LogP contribution in [0, 0.1) is 11.3 Å². The molecule has 1 fully saturated rings. The van der Waals surface area contributed by atoms with Crippen molar-refractivity contribution in [1.82, 2.24) is 5.01 Å². The number of benzene rings is 2. The Bertz CT molecular complexity index is 1290. The zero-order valence-electron chi connectivity index (χ0n) is 23.0. The number of ether oxygens (including phenoxy) is 1. The monoisotopic (exact) mass is 593 g/mol. The van der Waals surface area contributed by atoms with Gasteiger partial charge < -0.3 is 0 Å². The van der Waals surface area contributed by atoms with Gasteiger partial charge >= 0.3 is 237 Å². The summed E-state index contributed by atoms with van der Waals surface area (Å²) < 4.78 is 5.46. The molecule has 8 nitrogen and oxygen atoms in total. The van der Waals surface area contributed by atoms with Crippen LogP contribution in [0.1, 0.15) is 68.8 Å². The molecule has 1 heterocycles. The summed E-state index contributed by atoms with van der Waals surface area (Å²) in [5.41, 5.74) is 2.06. The third-order valence-electron chi connectivity index (χ3n) is 7.14. The van der Waals surface area contributed by atoms with Gasteiger partial charge in [0.25, 0.3) is 0 Å². The fraction of sp³-hybridized carbons (Fsp3) is 0.433. The van der Waals surface area contributed by atoms with Crippen molar-refractivity contribution in [3.05, 3.63) is 59.7 Å². The van der Waals surface area contributed by atoms with Crippen molar-refractivity contribution in [2.45, 2.75) is 52.9 Å². The van der Waals surface area contributed by atoms with Gasteiger partial charge in [-0.25, -0.2) is 0 Å². The van der Waals surface area contributed by atoms with Crippen LogP contribution in [0.2, 0.25) is 0 Å². The Labute approximate surface area is 236 Å². The number of amides is 2. The number of rotatable bonds is 8. The third-order valence-corrected chi connectivity index (χ3v) is 9.32. The van der Waals surface area contributed by atoms with E-state index in [2.05, 4.69) is 0 Å². The van der Waals surface area contributed by atoms with Crippen molar-refractivity contribution in [3.8, 4) is 0 Å².